The third kappa shape index (κ3) is 6.06. The number of carbonyl (C=O) groups is 1. The summed E-state index contributed by atoms with van der Waals surface area (Å²) in [4.78, 5) is 12.0. The molecule has 24 heavy (non-hydrogen) atoms. The van der Waals surface area contributed by atoms with Crippen molar-refractivity contribution in [2.75, 3.05) is 6.61 Å². The fourth-order valence-electron chi connectivity index (χ4n) is 2.20. The first kappa shape index (κ1) is 18.6. The number of carbonyl (C=O) groups excluding carboxylic acids is 1. The van der Waals surface area contributed by atoms with Gasteiger partial charge in [0.15, 0.2) is 0 Å². The Labute approximate surface area is 152 Å². The molecule has 1 amide bonds. The Morgan fingerprint density at radius 1 is 1.12 bits per heavy atom. The molecule has 0 aliphatic rings. The molecular weight excluding hydrogens is 345 g/mol. The third-order valence-electron chi connectivity index (χ3n) is 3.55. The van der Waals surface area contributed by atoms with E-state index < -0.39 is 0 Å². The Balaban J connectivity index is 1.72. The molecule has 2 rings (SSSR count). The lowest BCUT2D eigenvalue weighted by Crippen LogP contribution is -2.36. The number of benzene rings is 2. The molecule has 1 atom stereocenters. The van der Waals surface area contributed by atoms with Crippen LogP contribution < -0.4 is 10.1 Å². The summed E-state index contributed by atoms with van der Waals surface area (Å²) in [5, 5.41) is 3.96. The van der Waals surface area contributed by atoms with Crippen LogP contribution in [0, 0.1) is 6.92 Å². The van der Waals surface area contributed by atoms with Crippen molar-refractivity contribution in [3.05, 3.63) is 63.6 Å². The zero-order valence-corrected chi connectivity index (χ0v) is 15.3. The lowest BCUT2D eigenvalue weighted by Gasteiger charge is -2.15. The molecule has 0 heterocycles. The summed E-state index contributed by atoms with van der Waals surface area (Å²) in [6, 6.07) is 13.2. The van der Waals surface area contributed by atoms with Crippen LogP contribution in [0.5, 0.6) is 5.75 Å². The molecule has 0 fully saturated rings. The highest BCUT2D eigenvalue weighted by molar-refractivity contribution is 6.42. The van der Waals surface area contributed by atoms with Gasteiger partial charge in [-0.2, -0.15) is 0 Å². The minimum atomic E-state index is -0.0624. The first-order valence-corrected chi connectivity index (χ1v) is 8.62. The standard InChI is InChI=1S/C19H21Cl2NO2/c1-13-3-7-16(8-4-13)24-12-14(2)22-19(23)10-6-15-5-9-17(20)18(21)11-15/h3-5,7-9,11,14H,6,10,12H2,1-2H3,(H,22,23)/t14-/m1/s1. The second-order valence-corrected chi connectivity index (χ2v) is 6.66. The second kappa shape index (κ2) is 8.95. The van der Waals surface area contributed by atoms with Crippen LogP contribution in [0.25, 0.3) is 0 Å². The van der Waals surface area contributed by atoms with E-state index in [2.05, 4.69) is 5.32 Å². The summed E-state index contributed by atoms with van der Waals surface area (Å²) in [5.41, 5.74) is 2.18. The lowest BCUT2D eigenvalue weighted by molar-refractivity contribution is -0.121. The predicted molar refractivity (Wildman–Crippen MR) is 99.1 cm³/mol. The van der Waals surface area contributed by atoms with Crippen molar-refractivity contribution in [1.29, 1.82) is 0 Å². The number of hydrogen-bond donors (Lipinski definition) is 1. The van der Waals surface area contributed by atoms with Crippen molar-refractivity contribution in [2.45, 2.75) is 32.7 Å². The summed E-state index contributed by atoms with van der Waals surface area (Å²) >= 11 is 11.9. The van der Waals surface area contributed by atoms with Crippen LogP contribution in [-0.2, 0) is 11.2 Å². The van der Waals surface area contributed by atoms with E-state index in [1.807, 2.05) is 44.2 Å². The number of halogens is 2. The molecule has 128 valence electrons. The molecule has 5 heteroatoms. The molecule has 0 bridgehead atoms. The van der Waals surface area contributed by atoms with Crippen LogP contribution in [0.15, 0.2) is 42.5 Å². The van der Waals surface area contributed by atoms with E-state index in [0.717, 1.165) is 11.3 Å². The van der Waals surface area contributed by atoms with Gasteiger partial charge in [0.25, 0.3) is 0 Å². The second-order valence-electron chi connectivity index (χ2n) is 5.84. The fraction of sp³-hybridized carbons (Fsp3) is 0.316. The third-order valence-corrected chi connectivity index (χ3v) is 4.29. The summed E-state index contributed by atoms with van der Waals surface area (Å²) in [6.07, 6.45) is 1.01. The van der Waals surface area contributed by atoms with E-state index in [1.54, 1.807) is 12.1 Å². The fourth-order valence-corrected chi connectivity index (χ4v) is 2.52. The van der Waals surface area contributed by atoms with E-state index in [-0.39, 0.29) is 11.9 Å². The molecule has 0 radical (unpaired) electrons. The summed E-state index contributed by atoms with van der Waals surface area (Å²) in [5.74, 6) is 0.790. The topological polar surface area (TPSA) is 38.3 Å². The van der Waals surface area contributed by atoms with E-state index >= 15 is 0 Å². The average Bonchev–Trinajstić information content (AvgIpc) is 2.55. The van der Waals surface area contributed by atoms with Crippen LogP contribution in [0.1, 0.15) is 24.5 Å². The van der Waals surface area contributed by atoms with Crippen LogP contribution in [0.2, 0.25) is 10.0 Å². The molecule has 0 spiro atoms. The SMILES string of the molecule is Cc1ccc(OC[C@@H](C)NC(=O)CCc2ccc(Cl)c(Cl)c2)cc1. The van der Waals surface area contributed by atoms with E-state index in [1.165, 1.54) is 5.56 Å². The molecule has 2 aromatic rings. The van der Waals surface area contributed by atoms with Crippen molar-refractivity contribution in [3.8, 4) is 5.75 Å². The Morgan fingerprint density at radius 3 is 2.50 bits per heavy atom. The smallest absolute Gasteiger partial charge is 0.220 e. The maximum absolute atomic E-state index is 12.0. The largest absolute Gasteiger partial charge is 0.491 e. The maximum atomic E-state index is 12.0. The molecule has 0 saturated heterocycles. The van der Waals surface area contributed by atoms with Crippen LogP contribution in [-0.4, -0.2) is 18.6 Å². The van der Waals surface area contributed by atoms with Gasteiger partial charge in [0.2, 0.25) is 5.91 Å². The first-order valence-electron chi connectivity index (χ1n) is 7.87. The van der Waals surface area contributed by atoms with Gasteiger partial charge in [0, 0.05) is 6.42 Å². The van der Waals surface area contributed by atoms with Crippen LogP contribution in [0.3, 0.4) is 0 Å². The van der Waals surface area contributed by atoms with Crippen molar-refractivity contribution in [2.24, 2.45) is 0 Å². The van der Waals surface area contributed by atoms with Crippen molar-refractivity contribution < 1.29 is 9.53 Å². The minimum Gasteiger partial charge on any atom is -0.491 e. The van der Waals surface area contributed by atoms with Gasteiger partial charge in [-0.1, -0.05) is 47.0 Å². The van der Waals surface area contributed by atoms with Gasteiger partial charge in [-0.3, -0.25) is 4.79 Å². The summed E-state index contributed by atoms with van der Waals surface area (Å²) < 4.78 is 5.67. The Morgan fingerprint density at radius 2 is 1.83 bits per heavy atom. The molecule has 0 unspecified atom stereocenters. The van der Waals surface area contributed by atoms with Gasteiger partial charge >= 0.3 is 0 Å². The Bertz CT molecular complexity index is 686. The minimum absolute atomic E-state index is 0.0129. The highest BCUT2D eigenvalue weighted by Crippen LogP contribution is 2.23. The Hall–Kier alpha value is -1.71. The quantitative estimate of drug-likeness (QED) is 0.763. The number of rotatable bonds is 7. The number of amides is 1. The van der Waals surface area contributed by atoms with E-state index in [0.29, 0.717) is 29.5 Å². The molecule has 0 aliphatic carbocycles. The highest BCUT2D eigenvalue weighted by atomic mass is 35.5. The zero-order chi connectivity index (χ0) is 17.5. The number of aryl methyl sites for hydroxylation is 2. The predicted octanol–water partition coefficient (Wildman–Crippen LogP) is 4.82. The maximum Gasteiger partial charge on any atom is 0.220 e. The van der Waals surface area contributed by atoms with Gasteiger partial charge < -0.3 is 10.1 Å². The highest BCUT2D eigenvalue weighted by Gasteiger charge is 2.09. The summed E-state index contributed by atoms with van der Waals surface area (Å²) in [7, 11) is 0. The van der Waals surface area contributed by atoms with Gasteiger partial charge in [-0.25, -0.2) is 0 Å². The zero-order valence-electron chi connectivity index (χ0n) is 13.8. The monoisotopic (exact) mass is 365 g/mol. The van der Waals surface area contributed by atoms with Crippen LogP contribution in [0.4, 0.5) is 0 Å². The first-order chi connectivity index (χ1) is 11.4. The molecule has 0 saturated carbocycles. The van der Waals surface area contributed by atoms with E-state index in [9.17, 15) is 4.79 Å². The van der Waals surface area contributed by atoms with Crippen molar-refractivity contribution in [3.63, 3.8) is 0 Å². The van der Waals surface area contributed by atoms with Crippen molar-refractivity contribution in [1.82, 2.24) is 5.32 Å². The summed E-state index contributed by atoms with van der Waals surface area (Å²) in [6.45, 7) is 4.38. The van der Waals surface area contributed by atoms with Crippen molar-refractivity contribution >= 4 is 29.1 Å². The lowest BCUT2D eigenvalue weighted by atomic mass is 10.1. The molecular formula is C19H21Cl2NO2. The number of hydrogen-bond acceptors (Lipinski definition) is 2. The van der Waals surface area contributed by atoms with Gasteiger partial charge in [-0.05, 0) is 50.1 Å². The van der Waals surface area contributed by atoms with Gasteiger partial charge in [0.05, 0.1) is 16.1 Å². The van der Waals surface area contributed by atoms with E-state index in [4.69, 9.17) is 27.9 Å². The molecule has 0 aromatic heterocycles. The average molecular weight is 366 g/mol. The molecule has 1 N–H and O–H groups in total. The molecule has 2 aromatic carbocycles. The van der Waals surface area contributed by atoms with Gasteiger partial charge in [-0.15, -0.1) is 0 Å². The Kier molecular flexibility index (Phi) is 6.95. The number of nitrogens with one attached hydrogen (secondary N) is 1. The van der Waals surface area contributed by atoms with Gasteiger partial charge in [0.1, 0.15) is 12.4 Å². The normalized spacial score (nSPS) is 11.8. The molecule has 0 aliphatic heterocycles. The molecule has 3 nitrogen and oxygen atoms in total. The van der Waals surface area contributed by atoms with Crippen LogP contribution >= 0.6 is 23.2 Å². The number of ether oxygens (including phenoxy) is 1.